The van der Waals surface area contributed by atoms with E-state index in [0.29, 0.717) is 18.7 Å². The van der Waals surface area contributed by atoms with E-state index >= 15 is 0 Å². The van der Waals surface area contributed by atoms with Gasteiger partial charge in [-0.3, -0.25) is 4.79 Å². The van der Waals surface area contributed by atoms with Crippen molar-refractivity contribution in [3.8, 4) is 0 Å². The zero-order valence-corrected chi connectivity index (χ0v) is 10.9. The molecule has 0 fully saturated rings. The van der Waals surface area contributed by atoms with Gasteiger partial charge in [0.05, 0.1) is 23.6 Å². The van der Waals surface area contributed by atoms with Crippen molar-refractivity contribution in [3.63, 3.8) is 0 Å². The number of rotatable bonds is 3. The van der Waals surface area contributed by atoms with Crippen molar-refractivity contribution in [1.82, 2.24) is 9.97 Å². The minimum absolute atomic E-state index is 0.0404. The molecule has 0 spiro atoms. The Hall–Kier alpha value is -2.63. The molecule has 0 saturated carbocycles. The number of benzene rings is 1. The van der Waals surface area contributed by atoms with Crippen LogP contribution in [0.25, 0.3) is 0 Å². The molecule has 20 heavy (non-hydrogen) atoms. The van der Waals surface area contributed by atoms with Crippen molar-refractivity contribution >= 4 is 23.0 Å². The zero-order valence-electron chi connectivity index (χ0n) is 10.9. The number of hydrogen-bond acceptors (Lipinski definition) is 5. The summed E-state index contributed by atoms with van der Waals surface area (Å²) in [5.41, 5.74) is 10.3. The molecule has 0 radical (unpaired) electrons. The molecular formula is C14H15N5O. The smallest absolute Gasteiger partial charge is 0.224 e. The highest BCUT2D eigenvalue weighted by atomic mass is 16.1. The first-order chi connectivity index (χ1) is 9.72. The standard InChI is InChI=1S/C14H15N5O/c15-11-6-12-9(1-2-14(20)19-12)5-13(11)17-7-10-3-4-16-8-18-10/h3-6,8,17H,1-2,7,15H2,(H,19,20). The maximum absolute atomic E-state index is 11.4. The monoisotopic (exact) mass is 269 g/mol. The van der Waals surface area contributed by atoms with E-state index in [1.807, 2.05) is 12.1 Å². The molecule has 0 unspecified atom stereocenters. The molecule has 1 aromatic heterocycles. The zero-order chi connectivity index (χ0) is 13.9. The van der Waals surface area contributed by atoms with Crippen molar-refractivity contribution in [2.75, 3.05) is 16.4 Å². The third kappa shape index (κ3) is 2.54. The number of nitrogens with zero attached hydrogens (tertiary/aromatic N) is 2. The van der Waals surface area contributed by atoms with Crippen molar-refractivity contribution in [2.24, 2.45) is 0 Å². The predicted molar refractivity (Wildman–Crippen MR) is 77.2 cm³/mol. The van der Waals surface area contributed by atoms with E-state index in [1.54, 1.807) is 12.3 Å². The number of fused-ring (bicyclic) bond motifs is 1. The Labute approximate surface area is 116 Å². The molecular weight excluding hydrogens is 254 g/mol. The van der Waals surface area contributed by atoms with Gasteiger partial charge < -0.3 is 16.4 Å². The van der Waals surface area contributed by atoms with Crippen molar-refractivity contribution in [2.45, 2.75) is 19.4 Å². The molecule has 6 heteroatoms. The van der Waals surface area contributed by atoms with Crippen molar-refractivity contribution in [1.29, 1.82) is 0 Å². The summed E-state index contributed by atoms with van der Waals surface area (Å²) in [5.74, 6) is 0.0404. The summed E-state index contributed by atoms with van der Waals surface area (Å²) < 4.78 is 0. The maximum atomic E-state index is 11.4. The average molecular weight is 269 g/mol. The van der Waals surface area contributed by atoms with Crippen LogP contribution in [0, 0.1) is 0 Å². The molecule has 2 heterocycles. The highest BCUT2D eigenvalue weighted by Gasteiger charge is 2.16. The van der Waals surface area contributed by atoms with Crippen LogP contribution >= 0.6 is 0 Å². The minimum atomic E-state index is 0.0404. The van der Waals surface area contributed by atoms with Gasteiger partial charge >= 0.3 is 0 Å². The van der Waals surface area contributed by atoms with Crippen LogP contribution in [0.3, 0.4) is 0 Å². The van der Waals surface area contributed by atoms with Crippen LogP contribution in [0.1, 0.15) is 17.7 Å². The minimum Gasteiger partial charge on any atom is -0.397 e. The normalized spacial score (nSPS) is 13.5. The van der Waals surface area contributed by atoms with Crippen LogP contribution < -0.4 is 16.4 Å². The molecule has 1 aliphatic rings. The Morgan fingerprint density at radius 2 is 2.25 bits per heavy atom. The van der Waals surface area contributed by atoms with E-state index in [9.17, 15) is 4.79 Å². The summed E-state index contributed by atoms with van der Waals surface area (Å²) in [5, 5.41) is 6.10. The first-order valence-corrected chi connectivity index (χ1v) is 6.43. The lowest BCUT2D eigenvalue weighted by Crippen LogP contribution is -2.19. The molecule has 1 aliphatic heterocycles. The van der Waals surface area contributed by atoms with Gasteiger partial charge in [-0.1, -0.05) is 0 Å². The average Bonchev–Trinajstić information content (AvgIpc) is 2.46. The second-order valence-electron chi connectivity index (χ2n) is 4.70. The molecule has 3 rings (SSSR count). The number of carbonyl (C=O) groups is 1. The molecule has 0 bridgehead atoms. The number of nitrogen functional groups attached to an aromatic ring is 1. The Kier molecular flexibility index (Phi) is 3.20. The summed E-state index contributed by atoms with van der Waals surface area (Å²) in [7, 11) is 0. The maximum Gasteiger partial charge on any atom is 0.224 e. The number of aryl methyl sites for hydroxylation is 1. The fourth-order valence-corrected chi connectivity index (χ4v) is 2.21. The van der Waals surface area contributed by atoms with Gasteiger partial charge in [-0.25, -0.2) is 9.97 Å². The molecule has 0 atom stereocenters. The predicted octanol–water partition coefficient (Wildman–Crippen LogP) is 1.56. The lowest BCUT2D eigenvalue weighted by atomic mass is 10.0. The largest absolute Gasteiger partial charge is 0.397 e. The van der Waals surface area contributed by atoms with Gasteiger partial charge in [-0.05, 0) is 30.2 Å². The van der Waals surface area contributed by atoms with E-state index < -0.39 is 0 Å². The molecule has 2 aromatic rings. The van der Waals surface area contributed by atoms with Gasteiger partial charge in [0.1, 0.15) is 6.33 Å². The van der Waals surface area contributed by atoms with Crippen LogP contribution in [0.4, 0.5) is 17.1 Å². The summed E-state index contributed by atoms with van der Waals surface area (Å²) in [6, 6.07) is 5.64. The number of nitrogens with two attached hydrogens (primary N) is 1. The number of amides is 1. The van der Waals surface area contributed by atoms with E-state index in [-0.39, 0.29) is 5.91 Å². The summed E-state index contributed by atoms with van der Waals surface area (Å²) in [6.07, 6.45) is 4.48. The topological polar surface area (TPSA) is 92.9 Å². The Morgan fingerprint density at radius 1 is 1.35 bits per heavy atom. The number of aromatic nitrogens is 2. The number of hydrogen-bond donors (Lipinski definition) is 3. The van der Waals surface area contributed by atoms with Gasteiger partial charge in [-0.15, -0.1) is 0 Å². The van der Waals surface area contributed by atoms with Crippen LogP contribution in [-0.2, 0) is 17.8 Å². The number of nitrogens with one attached hydrogen (secondary N) is 2. The van der Waals surface area contributed by atoms with Crippen LogP contribution in [-0.4, -0.2) is 15.9 Å². The highest BCUT2D eigenvalue weighted by Crippen LogP contribution is 2.31. The van der Waals surface area contributed by atoms with Gasteiger partial charge in [0, 0.05) is 18.3 Å². The van der Waals surface area contributed by atoms with Gasteiger partial charge in [0.2, 0.25) is 5.91 Å². The molecule has 6 nitrogen and oxygen atoms in total. The molecule has 1 aromatic carbocycles. The molecule has 0 saturated heterocycles. The summed E-state index contributed by atoms with van der Waals surface area (Å²) >= 11 is 0. The second kappa shape index (κ2) is 5.16. The van der Waals surface area contributed by atoms with Crippen molar-refractivity contribution in [3.05, 3.63) is 42.0 Å². The summed E-state index contributed by atoms with van der Waals surface area (Å²) in [4.78, 5) is 19.4. The number of anilines is 3. The third-order valence-corrected chi connectivity index (χ3v) is 3.27. The molecule has 102 valence electrons. The Balaban J connectivity index is 1.79. The first-order valence-electron chi connectivity index (χ1n) is 6.43. The van der Waals surface area contributed by atoms with Crippen LogP contribution in [0.5, 0.6) is 0 Å². The fraction of sp³-hybridized carbons (Fsp3) is 0.214. The van der Waals surface area contributed by atoms with Gasteiger partial charge in [0.15, 0.2) is 0 Å². The Bertz CT molecular complexity index is 642. The lowest BCUT2D eigenvalue weighted by Gasteiger charge is -2.19. The first kappa shape index (κ1) is 12.4. The lowest BCUT2D eigenvalue weighted by molar-refractivity contribution is -0.116. The summed E-state index contributed by atoms with van der Waals surface area (Å²) in [6.45, 7) is 0.581. The molecule has 4 N–H and O–H groups in total. The molecule has 1 amide bonds. The van der Waals surface area contributed by atoms with E-state index in [4.69, 9.17) is 5.73 Å². The van der Waals surface area contributed by atoms with Crippen molar-refractivity contribution < 1.29 is 4.79 Å². The number of carbonyl (C=O) groups excluding carboxylic acids is 1. The van der Waals surface area contributed by atoms with E-state index in [0.717, 1.165) is 29.1 Å². The second-order valence-corrected chi connectivity index (χ2v) is 4.70. The van der Waals surface area contributed by atoms with Crippen LogP contribution in [0.2, 0.25) is 0 Å². The fourth-order valence-electron chi connectivity index (χ4n) is 2.21. The quantitative estimate of drug-likeness (QED) is 0.735. The molecule has 0 aliphatic carbocycles. The van der Waals surface area contributed by atoms with E-state index in [1.165, 1.54) is 6.33 Å². The van der Waals surface area contributed by atoms with E-state index in [2.05, 4.69) is 20.6 Å². The van der Waals surface area contributed by atoms with Crippen LogP contribution in [0.15, 0.2) is 30.7 Å². The third-order valence-electron chi connectivity index (χ3n) is 3.27. The van der Waals surface area contributed by atoms with Gasteiger partial charge in [0.25, 0.3) is 0 Å². The van der Waals surface area contributed by atoms with Gasteiger partial charge in [-0.2, -0.15) is 0 Å². The highest BCUT2D eigenvalue weighted by molar-refractivity contribution is 5.95. The Morgan fingerprint density at radius 3 is 3.05 bits per heavy atom. The SMILES string of the molecule is Nc1cc2c(cc1NCc1ccncn1)CCC(=O)N2.